The first-order valence-corrected chi connectivity index (χ1v) is 8.04. The van der Waals surface area contributed by atoms with Gasteiger partial charge in [-0.2, -0.15) is 0 Å². The van der Waals surface area contributed by atoms with E-state index < -0.39 is 5.97 Å². The molecule has 3 N–H and O–H groups in total. The molecular weight excluding hydrogens is 407 g/mol. The number of nitrogens with two attached hydrogens (primary N) is 1. The number of amides is 1. The molecule has 0 spiro atoms. The van der Waals surface area contributed by atoms with Gasteiger partial charge >= 0.3 is 5.97 Å². The molecule has 5 nitrogen and oxygen atoms in total. The molecule has 0 bridgehead atoms. The first kappa shape index (κ1) is 17.3. The zero-order chi connectivity index (χ0) is 17.0. The number of ether oxygens (including phenoxy) is 1. The number of hydrogen-bond acceptors (Lipinski definition) is 4. The number of esters is 1. The number of carbonyl (C=O) groups is 2. The Kier molecular flexibility index (Phi) is 5.59. The van der Waals surface area contributed by atoms with Crippen LogP contribution in [0.25, 0.3) is 0 Å². The van der Waals surface area contributed by atoms with Crippen molar-refractivity contribution in [3.8, 4) is 0 Å². The van der Waals surface area contributed by atoms with E-state index in [1.807, 2.05) is 26.0 Å². The number of hydrogen-bond donors (Lipinski definition) is 2. The smallest absolute Gasteiger partial charge is 0.340 e. The third-order valence-electron chi connectivity index (χ3n) is 3.28. The van der Waals surface area contributed by atoms with Gasteiger partial charge in [-0.05, 0) is 71.8 Å². The minimum Gasteiger partial charge on any atom is -0.452 e. The van der Waals surface area contributed by atoms with Crippen LogP contribution in [0.1, 0.15) is 21.5 Å². The first-order valence-electron chi connectivity index (χ1n) is 6.96. The SMILES string of the molecule is Cc1cc(I)cc(C)c1NC(=O)COC(=O)c1ccccc1N. The topological polar surface area (TPSA) is 81.4 Å². The number of rotatable bonds is 4. The molecule has 2 rings (SSSR count). The molecule has 0 unspecified atom stereocenters. The molecule has 0 aromatic heterocycles. The Bertz CT molecular complexity index is 736. The molecule has 0 radical (unpaired) electrons. The fourth-order valence-electron chi connectivity index (χ4n) is 2.18. The summed E-state index contributed by atoms with van der Waals surface area (Å²) in [5, 5.41) is 2.78. The van der Waals surface area contributed by atoms with Crippen molar-refractivity contribution in [2.45, 2.75) is 13.8 Å². The van der Waals surface area contributed by atoms with E-state index in [1.165, 1.54) is 0 Å². The van der Waals surface area contributed by atoms with Crippen LogP contribution in [-0.2, 0) is 9.53 Å². The van der Waals surface area contributed by atoms with E-state index in [0.717, 1.165) is 20.4 Å². The summed E-state index contributed by atoms with van der Waals surface area (Å²) < 4.78 is 6.11. The lowest BCUT2D eigenvalue weighted by molar-refractivity contribution is -0.119. The fourth-order valence-corrected chi connectivity index (χ4v) is 3.11. The molecule has 23 heavy (non-hydrogen) atoms. The molecule has 0 fully saturated rings. The van der Waals surface area contributed by atoms with Crippen LogP contribution in [0.2, 0.25) is 0 Å². The van der Waals surface area contributed by atoms with Gasteiger partial charge < -0.3 is 15.8 Å². The van der Waals surface area contributed by atoms with Gasteiger partial charge in [0.1, 0.15) is 0 Å². The Morgan fingerprint density at radius 1 is 1.17 bits per heavy atom. The molecule has 0 aliphatic rings. The number of halogens is 1. The van der Waals surface area contributed by atoms with Gasteiger partial charge in [0.15, 0.2) is 6.61 Å². The van der Waals surface area contributed by atoms with Crippen molar-refractivity contribution in [1.29, 1.82) is 0 Å². The van der Waals surface area contributed by atoms with Crippen LogP contribution in [-0.4, -0.2) is 18.5 Å². The normalized spacial score (nSPS) is 10.2. The van der Waals surface area contributed by atoms with Crippen LogP contribution in [0.4, 0.5) is 11.4 Å². The summed E-state index contributed by atoms with van der Waals surface area (Å²) in [5.41, 5.74) is 8.94. The molecule has 0 saturated carbocycles. The predicted octanol–water partition coefficient (Wildman–Crippen LogP) is 3.29. The number of nitrogens with one attached hydrogen (secondary N) is 1. The standard InChI is InChI=1S/C17H17IN2O3/c1-10-7-12(18)8-11(2)16(10)20-15(21)9-23-17(22)13-5-3-4-6-14(13)19/h3-8H,9,19H2,1-2H3,(H,20,21). The van der Waals surface area contributed by atoms with E-state index in [0.29, 0.717) is 5.69 Å². The summed E-state index contributed by atoms with van der Waals surface area (Å²) >= 11 is 2.22. The average molecular weight is 424 g/mol. The zero-order valence-electron chi connectivity index (χ0n) is 12.9. The highest BCUT2D eigenvalue weighted by atomic mass is 127. The molecule has 0 aliphatic carbocycles. The summed E-state index contributed by atoms with van der Waals surface area (Å²) in [4.78, 5) is 23.9. The molecule has 0 atom stereocenters. The zero-order valence-corrected chi connectivity index (χ0v) is 15.0. The minimum absolute atomic E-state index is 0.252. The maximum Gasteiger partial charge on any atom is 0.340 e. The monoisotopic (exact) mass is 424 g/mol. The van der Waals surface area contributed by atoms with E-state index in [2.05, 4.69) is 27.9 Å². The quantitative estimate of drug-likeness (QED) is 0.449. The maximum atomic E-state index is 12.0. The molecule has 0 heterocycles. The largest absolute Gasteiger partial charge is 0.452 e. The Morgan fingerprint density at radius 3 is 2.39 bits per heavy atom. The first-order chi connectivity index (χ1) is 10.9. The Morgan fingerprint density at radius 2 is 1.78 bits per heavy atom. The molecule has 1 amide bonds. The Balaban J connectivity index is 1.99. The van der Waals surface area contributed by atoms with Crippen LogP contribution in [0.3, 0.4) is 0 Å². The van der Waals surface area contributed by atoms with Crippen molar-refractivity contribution in [1.82, 2.24) is 0 Å². The van der Waals surface area contributed by atoms with Gasteiger partial charge in [0, 0.05) is 14.9 Å². The number of anilines is 2. The second-order valence-corrected chi connectivity index (χ2v) is 6.37. The highest BCUT2D eigenvalue weighted by molar-refractivity contribution is 14.1. The number of carbonyl (C=O) groups excluding carboxylic acids is 2. The van der Waals surface area contributed by atoms with Crippen LogP contribution in [0, 0.1) is 17.4 Å². The Labute approximate surface area is 148 Å². The van der Waals surface area contributed by atoms with Crippen LogP contribution in [0.15, 0.2) is 36.4 Å². The molecule has 2 aromatic carbocycles. The molecule has 0 saturated heterocycles. The van der Waals surface area contributed by atoms with Crippen molar-refractivity contribution >= 4 is 45.8 Å². The van der Waals surface area contributed by atoms with Crippen molar-refractivity contribution in [3.05, 3.63) is 56.7 Å². The highest BCUT2D eigenvalue weighted by Gasteiger charge is 2.14. The van der Waals surface area contributed by atoms with Gasteiger partial charge in [0.2, 0.25) is 0 Å². The summed E-state index contributed by atoms with van der Waals surface area (Å²) in [6.07, 6.45) is 0. The molecule has 0 aliphatic heterocycles. The summed E-state index contributed by atoms with van der Waals surface area (Å²) in [7, 11) is 0. The number of aryl methyl sites for hydroxylation is 2. The second kappa shape index (κ2) is 7.45. The van der Waals surface area contributed by atoms with Crippen LogP contribution < -0.4 is 11.1 Å². The van der Waals surface area contributed by atoms with Gasteiger partial charge in [-0.1, -0.05) is 12.1 Å². The number of nitrogen functional groups attached to an aromatic ring is 1. The van der Waals surface area contributed by atoms with E-state index in [1.54, 1.807) is 24.3 Å². The van der Waals surface area contributed by atoms with Crippen molar-refractivity contribution in [2.75, 3.05) is 17.7 Å². The highest BCUT2D eigenvalue weighted by Crippen LogP contribution is 2.23. The lowest BCUT2D eigenvalue weighted by Crippen LogP contribution is -2.22. The van der Waals surface area contributed by atoms with Crippen molar-refractivity contribution < 1.29 is 14.3 Å². The van der Waals surface area contributed by atoms with Crippen LogP contribution >= 0.6 is 22.6 Å². The van der Waals surface area contributed by atoms with Gasteiger partial charge in [0.05, 0.1) is 5.56 Å². The second-order valence-electron chi connectivity index (χ2n) is 5.13. The summed E-state index contributed by atoms with van der Waals surface area (Å²) in [6.45, 7) is 3.47. The molecule has 120 valence electrons. The molecular formula is C17H17IN2O3. The van der Waals surface area contributed by atoms with Gasteiger partial charge in [-0.15, -0.1) is 0 Å². The lowest BCUT2D eigenvalue weighted by atomic mass is 10.1. The van der Waals surface area contributed by atoms with E-state index in [-0.39, 0.29) is 18.1 Å². The number of para-hydroxylation sites is 1. The maximum absolute atomic E-state index is 12.0. The average Bonchev–Trinajstić information content (AvgIpc) is 2.49. The third-order valence-corrected chi connectivity index (χ3v) is 3.90. The van der Waals surface area contributed by atoms with E-state index in [9.17, 15) is 9.59 Å². The van der Waals surface area contributed by atoms with E-state index in [4.69, 9.17) is 10.5 Å². The third kappa shape index (κ3) is 4.44. The van der Waals surface area contributed by atoms with E-state index >= 15 is 0 Å². The predicted molar refractivity (Wildman–Crippen MR) is 98.4 cm³/mol. The Hall–Kier alpha value is -2.09. The van der Waals surface area contributed by atoms with Crippen LogP contribution in [0.5, 0.6) is 0 Å². The van der Waals surface area contributed by atoms with Gasteiger partial charge in [-0.25, -0.2) is 4.79 Å². The minimum atomic E-state index is -0.616. The number of benzene rings is 2. The van der Waals surface area contributed by atoms with Gasteiger partial charge in [-0.3, -0.25) is 4.79 Å². The summed E-state index contributed by atoms with van der Waals surface area (Å²) in [6, 6.07) is 10.5. The summed E-state index contributed by atoms with van der Waals surface area (Å²) in [5.74, 6) is -1.01. The van der Waals surface area contributed by atoms with Gasteiger partial charge in [0.25, 0.3) is 5.91 Å². The molecule has 2 aromatic rings. The van der Waals surface area contributed by atoms with Crippen molar-refractivity contribution in [2.24, 2.45) is 0 Å². The fraction of sp³-hybridized carbons (Fsp3) is 0.176. The lowest BCUT2D eigenvalue weighted by Gasteiger charge is -2.12. The van der Waals surface area contributed by atoms with Crippen molar-refractivity contribution in [3.63, 3.8) is 0 Å². The molecule has 6 heteroatoms.